The van der Waals surface area contributed by atoms with Crippen LogP contribution in [0.2, 0.25) is 0 Å². The number of ether oxygens (including phenoxy) is 1. The third-order valence-corrected chi connectivity index (χ3v) is 4.71. The maximum atomic E-state index is 5.51. The third-order valence-electron chi connectivity index (χ3n) is 4.71. The fourth-order valence-electron chi connectivity index (χ4n) is 3.22. The minimum absolute atomic E-state index is 0.108. The average molecular weight is 295 g/mol. The van der Waals surface area contributed by atoms with E-state index in [4.69, 9.17) is 4.74 Å². The second-order valence-corrected chi connectivity index (χ2v) is 6.01. The lowest BCUT2D eigenvalue weighted by Gasteiger charge is -2.48. The zero-order chi connectivity index (χ0) is 15.3. The summed E-state index contributed by atoms with van der Waals surface area (Å²) < 4.78 is 7.29. The smallest absolute Gasteiger partial charge is 0.0843 e. The number of hydrogen-bond donors (Lipinski definition) is 1. The lowest BCUT2D eigenvalue weighted by Crippen LogP contribution is -2.62. The summed E-state index contributed by atoms with van der Waals surface area (Å²) in [6.07, 6.45) is 4.02. The van der Waals surface area contributed by atoms with E-state index < -0.39 is 0 Å². The van der Waals surface area contributed by atoms with E-state index in [9.17, 15) is 0 Å². The molecular formula is C15H29N5O. The Bertz CT molecular complexity index is 429. The highest BCUT2D eigenvalue weighted by Crippen LogP contribution is 2.27. The summed E-state index contributed by atoms with van der Waals surface area (Å²) in [5.74, 6) is 0. The van der Waals surface area contributed by atoms with Crippen molar-refractivity contribution >= 4 is 0 Å². The first-order chi connectivity index (χ1) is 10.1. The Labute approximate surface area is 127 Å². The van der Waals surface area contributed by atoms with E-state index in [2.05, 4.69) is 41.3 Å². The van der Waals surface area contributed by atoms with Crippen LogP contribution in [0.5, 0.6) is 0 Å². The van der Waals surface area contributed by atoms with Crippen LogP contribution in [0.25, 0.3) is 0 Å². The van der Waals surface area contributed by atoms with Crippen molar-refractivity contribution < 1.29 is 4.74 Å². The van der Waals surface area contributed by atoms with Crippen LogP contribution >= 0.6 is 0 Å². The first kappa shape index (κ1) is 16.4. The number of morpholine rings is 1. The molecule has 2 rings (SSSR count). The van der Waals surface area contributed by atoms with Crippen molar-refractivity contribution in [2.24, 2.45) is 7.05 Å². The Morgan fingerprint density at radius 2 is 2.10 bits per heavy atom. The molecule has 6 heteroatoms. The van der Waals surface area contributed by atoms with Crippen LogP contribution in [0.4, 0.5) is 0 Å². The molecule has 1 aliphatic rings. The fraction of sp³-hybridized carbons (Fsp3) is 0.867. The van der Waals surface area contributed by atoms with Crippen LogP contribution in [-0.4, -0.2) is 64.3 Å². The molecule has 2 unspecified atom stereocenters. The third kappa shape index (κ3) is 3.81. The highest BCUT2D eigenvalue weighted by atomic mass is 16.5. The van der Waals surface area contributed by atoms with Gasteiger partial charge >= 0.3 is 0 Å². The Morgan fingerprint density at radius 3 is 2.62 bits per heavy atom. The second-order valence-electron chi connectivity index (χ2n) is 6.01. The van der Waals surface area contributed by atoms with Gasteiger partial charge in [-0.05, 0) is 19.9 Å². The van der Waals surface area contributed by atoms with Gasteiger partial charge in [0.25, 0.3) is 0 Å². The molecule has 1 aromatic heterocycles. The van der Waals surface area contributed by atoms with Gasteiger partial charge in [0, 0.05) is 44.3 Å². The van der Waals surface area contributed by atoms with Crippen molar-refractivity contribution in [3.8, 4) is 0 Å². The largest absolute Gasteiger partial charge is 0.379 e. The van der Waals surface area contributed by atoms with E-state index in [1.165, 1.54) is 0 Å². The van der Waals surface area contributed by atoms with E-state index in [1.54, 1.807) is 4.68 Å². The topological polar surface area (TPSA) is 55.2 Å². The Kier molecular flexibility index (Phi) is 5.72. The maximum Gasteiger partial charge on any atom is 0.0843 e. The minimum atomic E-state index is 0.108. The lowest BCUT2D eigenvalue weighted by molar-refractivity contribution is -0.0321. The monoisotopic (exact) mass is 295 g/mol. The molecule has 2 atom stereocenters. The number of likely N-dealkylation sites (N-methyl/N-ethyl adjacent to an activating group) is 1. The predicted molar refractivity (Wildman–Crippen MR) is 83.3 cm³/mol. The molecule has 120 valence electrons. The molecule has 1 fully saturated rings. The zero-order valence-corrected chi connectivity index (χ0v) is 13.8. The molecule has 1 aliphatic heterocycles. The standard InChI is InChI=1S/C15H29N5O/c1-5-15(3,20-7-9-21-10-8-20)14(16-6-2)11-13-12-19(4)18-17-13/h12,14,16H,5-11H2,1-4H3. The molecule has 1 saturated heterocycles. The first-order valence-corrected chi connectivity index (χ1v) is 8.01. The summed E-state index contributed by atoms with van der Waals surface area (Å²) in [6.45, 7) is 11.4. The maximum absolute atomic E-state index is 5.51. The molecular weight excluding hydrogens is 266 g/mol. The SMILES string of the molecule is CCNC(Cc1cn(C)nn1)C(C)(CC)N1CCOCC1. The number of aryl methyl sites for hydroxylation is 1. The van der Waals surface area contributed by atoms with Crippen molar-refractivity contribution in [3.63, 3.8) is 0 Å². The summed E-state index contributed by atoms with van der Waals surface area (Å²) in [5, 5.41) is 12.0. The van der Waals surface area contributed by atoms with E-state index in [-0.39, 0.29) is 5.54 Å². The molecule has 21 heavy (non-hydrogen) atoms. The Hall–Kier alpha value is -0.980. The normalized spacial score (nSPS) is 21.1. The van der Waals surface area contributed by atoms with Gasteiger partial charge in [-0.25, -0.2) is 0 Å². The predicted octanol–water partition coefficient (Wildman–Crippen LogP) is 0.837. The molecule has 1 N–H and O–H groups in total. The van der Waals surface area contributed by atoms with Gasteiger partial charge in [0.15, 0.2) is 0 Å². The van der Waals surface area contributed by atoms with Gasteiger partial charge in [-0.15, -0.1) is 5.10 Å². The zero-order valence-electron chi connectivity index (χ0n) is 13.8. The molecule has 0 saturated carbocycles. The summed E-state index contributed by atoms with van der Waals surface area (Å²) in [6, 6.07) is 0.363. The molecule has 0 radical (unpaired) electrons. The molecule has 2 heterocycles. The molecule has 0 aliphatic carbocycles. The lowest BCUT2D eigenvalue weighted by atomic mass is 9.84. The molecule has 0 amide bonds. The number of nitrogens with zero attached hydrogens (tertiary/aromatic N) is 4. The van der Waals surface area contributed by atoms with Crippen molar-refractivity contribution in [1.82, 2.24) is 25.2 Å². The quantitative estimate of drug-likeness (QED) is 0.808. The number of rotatable bonds is 7. The van der Waals surface area contributed by atoms with E-state index in [0.717, 1.165) is 51.4 Å². The average Bonchev–Trinajstić information content (AvgIpc) is 2.92. The van der Waals surface area contributed by atoms with Crippen molar-refractivity contribution in [2.45, 2.75) is 45.2 Å². The fourth-order valence-corrected chi connectivity index (χ4v) is 3.22. The summed E-state index contributed by atoms with van der Waals surface area (Å²) >= 11 is 0. The van der Waals surface area contributed by atoms with Gasteiger partial charge < -0.3 is 10.1 Å². The minimum Gasteiger partial charge on any atom is -0.379 e. The number of hydrogen-bond acceptors (Lipinski definition) is 5. The second kappa shape index (κ2) is 7.33. The van der Waals surface area contributed by atoms with Gasteiger partial charge in [0.05, 0.1) is 18.9 Å². The Balaban J connectivity index is 2.15. The van der Waals surface area contributed by atoms with E-state index in [1.807, 2.05) is 13.2 Å². The van der Waals surface area contributed by atoms with E-state index >= 15 is 0 Å². The summed E-state index contributed by atoms with van der Waals surface area (Å²) in [4.78, 5) is 2.57. The number of nitrogens with one attached hydrogen (secondary N) is 1. The highest BCUT2D eigenvalue weighted by Gasteiger charge is 2.38. The van der Waals surface area contributed by atoms with Crippen LogP contribution < -0.4 is 5.32 Å². The molecule has 1 aromatic rings. The summed E-state index contributed by atoms with van der Waals surface area (Å²) in [7, 11) is 1.92. The van der Waals surface area contributed by atoms with Crippen molar-refractivity contribution in [1.29, 1.82) is 0 Å². The molecule has 0 bridgehead atoms. The summed E-state index contributed by atoms with van der Waals surface area (Å²) in [5.41, 5.74) is 1.16. The van der Waals surface area contributed by atoms with Crippen LogP contribution in [0.3, 0.4) is 0 Å². The van der Waals surface area contributed by atoms with Crippen LogP contribution in [0.15, 0.2) is 6.20 Å². The van der Waals surface area contributed by atoms with Crippen LogP contribution in [-0.2, 0) is 18.2 Å². The van der Waals surface area contributed by atoms with Gasteiger partial charge in [0.1, 0.15) is 0 Å². The molecule has 6 nitrogen and oxygen atoms in total. The van der Waals surface area contributed by atoms with Crippen LogP contribution in [0, 0.1) is 0 Å². The van der Waals surface area contributed by atoms with Gasteiger partial charge in [0.2, 0.25) is 0 Å². The van der Waals surface area contributed by atoms with E-state index in [0.29, 0.717) is 6.04 Å². The van der Waals surface area contributed by atoms with Crippen molar-refractivity contribution in [3.05, 3.63) is 11.9 Å². The van der Waals surface area contributed by atoms with Crippen LogP contribution in [0.1, 0.15) is 32.9 Å². The Morgan fingerprint density at radius 1 is 1.38 bits per heavy atom. The van der Waals surface area contributed by atoms with Gasteiger partial charge in [-0.1, -0.05) is 19.1 Å². The first-order valence-electron chi connectivity index (χ1n) is 8.01. The molecule has 0 spiro atoms. The van der Waals surface area contributed by atoms with Crippen molar-refractivity contribution in [2.75, 3.05) is 32.8 Å². The molecule has 0 aromatic carbocycles. The number of aromatic nitrogens is 3. The van der Waals surface area contributed by atoms with Gasteiger partial charge in [-0.2, -0.15) is 0 Å². The highest BCUT2D eigenvalue weighted by molar-refractivity contribution is 5.05. The van der Waals surface area contributed by atoms with Gasteiger partial charge in [-0.3, -0.25) is 9.58 Å².